The fourth-order valence-electron chi connectivity index (χ4n) is 2.65. The molecule has 1 aliphatic heterocycles. The van der Waals surface area contributed by atoms with Gasteiger partial charge in [-0.2, -0.15) is 5.26 Å². The van der Waals surface area contributed by atoms with Gasteiger partial charge in [-0.1, -0.05) is 6.07 Å². The average Bonchev–Trinajstić information content (AvgIpc) is 2.86. The summed E-state index contributed by atoms with van der Waals surface area (Å²) < 4.78 is 5.33. The van der Waals surface area contributed by atoms with E-state index in [1.165, 1.54) is 0 Å². The molecular formula is C15H13N3O2. The molecule has 5 nitrogen and oxygen atoms in total. The molecule has 1 aromatic heterocycles. The highest BCUT2D eigenvalue weighted by Gasteiger charge is 2.25. The molecule has 1 amide bonds. The van der Waals surface area contributed by atoms with E-state index in [2.05, 4.69) is 6.07 Å². The van der Waals surface area contributed by atoms with Crippen molar-refractivity contribution < 1.29 is 9.21 Å². The van der Waals surface area contributed by atoms with Gasteiger partial charge >= 0.3 is 0 Å². The second-order valence-corrected chi connectivity index (χ2v) is 4.86. The third kappa shape index (κ3) is 1.58. The van der Waals surface area contributed by atoms with Crippen LogP contribution in [0.15, 0.2) is 22.6 Å². The van der Waals surface area contributed by atoms with Crippen LogP contribution in [0.5, 0.6) is 0 Å². The van der Waals surface area contributed by atoms with Crippen LogP contribution in [0.3, 0.4) is 0 Å². The molecule has 0 radical (unpaired) electrons. The minimum Gasteiger partial charge on any atom is -0.444 e. The first kappa shape index (κ1) is 12.3. The zero-order chi connectivity index (χ0) is 14.4. The average molecular weight is 267 g/mol. The monoisotopic (exact) mass is 267 g/mol. The van der Waals surface area contributed by atoms with Crippen molar-refractivity contribution in [1.82, 2.24) is 0 Å². The first-order chi connectivity index (χ1) is 9.52. The van der Waals surface area contributed by atoms with Gasteiger partial charge < -0.3 is 15.1 Å². The summed E-state index contributed by atoms with van der Waals surface area (Å²) in [6, 6.07) is 7.77. The fraction of sp³-hybridized carbons (Fsp3) is 0.200. The molecule has 0 atom stereocenters. The number of nitriles is 1. The van der Waals surface area contributed by atoms with Gasteiger partial charge in [-0.05, 0) is 30.2 Å². The molecule has 5 heteroatoms. The van der Waals surface area contributed by atoms with E-state index in [1.54, 1.807) is 18.9 Å². The first-order valence-electron chi connectivity index (χ1n) is 6.21. The number of aryl methyl sites for hydroxylation is 1. The van der Waals surface area contributed by atoms with Crippen LogP contribution in [0.1, 0.15) is 16.9 Å². The number of benzene rings is 1. The maximum atomic E-state index is 11.7. The molecule has 100 valence electrons. The molecule has 3 rings (SSSR count). The summed E-state index contributed by atoms with van der Waals surface area (Å²) in [7, 11) is 1.76. The number of nitrogens with two attached hydrogens (primary N) is 1. The number of nitrogen functional groups attached to an aromatic ring is 1. The number of fused-ring (bicyclic) bond motifs is 1. The summed E-state index contributed by atoms with van der Waals surface area (Å²) in [6.45, 7) is 1.77. The van der Waals surface area contributed by atoms with Crippen molar-refractivity contribution in [3.63, 3.8) is 0 Å². The van der Waals surface area contributed by atoms with Crippen LogP contribution < -0.4 is 10.6 Å². The van der Waals surface area contributed by atoms with Crippen molar-refractivity contribution in [2.75, 3.05) is 17.7 Å². The van der Waals surface area contributed by atoms with Crippen molar-refractivity contribution in [2.45, 2.75) is 13.3 Å². The van der Waals surface area contributed by atoms with Gasteiger partial charge in [0.05, 0.1) is 6.42 Å². The molecule has 0 unspecified atom stereocenters. The number of amides is 1. The lowest BCUT2D eigenvalue weighted by Gasteiger charge is -2.10. The van der Waals surface area contributed by atoms with E-state index in [4.69, 9.17) is 10.2 Å². The van der Waals surface area contributed by atoms with Gasteiger partial charge in [-0.15, -0.1) is 0 Å². The number of hydrogen-bond donors (Lipinski definition) is 1. The summed E-state index contributed by atoms with van der Waals surface area (Å²) in [5.74, 6) is 0.812. The molecule has 0 aliphatic carbocycles. The van der Waals surface area contributed by atoms with E-state index >= 15 is 0 Å². The highest BCUT2D eigenvalue weighted by molar-refractivity contribution is 6.01. The van der Waals surface area contributed by atoms with Gasteiger partial charge in [0.2, 0.25) is 11.8 Å². The molecule has 1 aromatic carbocycles. The van der Waals surface area contributed by atoms with E-state index in [9.17, 15) is 10.1 Å². The smallest absolute Gasteiger partial charge is 0.231 e. The highest BCUT2D eigenvalue weighted by atomic mass is 16.4. The summed E-state index contributed by atoms with van der Waals surface area (Å²) in [6.07, 6.45) is 0.383. The van der Waals surface area contributed by atoms with Crippen LogP contribution in [0.4, 0.5) is 11.6 Å². The Kier molecular flexibility index (Phi) is 2.54. The second-order valence-electron chi connectivity index (χ2n) is 4.86. The molecule has 20 heavy (non-hydrogen) atoms. The topological polar surface area (TPSA) is 83.3 Å². The third-order valence-electron chi connectivity index (χ3n) is 3.67. The maximum Gasteiger partial charge on any atom is 0.231 e. The third-order valence-corrected chi connectivity index (χ3v) is 3.67. The molecule has 0 spiro atoms. The molecule has 0 bridgehead atoms. The van der Waals surface area contributed by atoms with Crippen molar-refractivity contribution in [3.05, 3.63) is 35.1 Å². The highest BCUT2D eigenvalue weighted by Crippen LogP contribution is 2.37. The molecule has 2 heterocycles. The minimum atomic E-state index is 0.0705. The summed E-state index contributed by atoms with van der Waals surface area (Å²) in [5, 5.41) is 9.20. The maximum absolute atomic E-state index is 11.7. The van der Waals surface area contributed by atoms with Crippen LogP contribution in [0, 0.1) is 18.3 Å². The van der Waals surface area contributed by atoms with Gasteiger partial charge in [0.25, 0.3) is 0 Å². The lowest BCUT2D eigenvalue weighted by atomic mass is 9.99. The van der Waals surface area contributed by atoms with Crippen LogP contribution in [0.2, 0.25) is 0 Å². The predicted molar refractivity (Wildman–Crippen MR) is 75.1 cm³/mol. The quantitative estimate of drug-likeness (QED) is 0.858. The Morgan fingerprint density at radius 2 is 2.20 bits per heavy atom. The molecule has 2 N–H and O–H groups in total. The summed E-state index contributed by atoms with van der Waals surface area (Å²) >= 11 is 0. The van der Waals surface area contributed by atoms with E-state index in [1.807, 2.05) is 18.2 Å². The van der Waals surface area contributed by atoms with Gasteiger partial charge in [-0.25, -0.2) is 0 Å². The van der Waals surface area contributed by atoms with Crippen LogP contribution >= 0.6 is 0 Å². The van der Waals surface area contributed by atoms with Gasteiger partial charge in [0.1, 0.15) is 17.4 Å². The number of anilines is 2. The number of furan rings is 1. The summed E-state index contributed by atoms with van der Waals surface area (Å²) in [5.41, 5.74) is 9.46. The molecule has 1 aliphatic rings. The van der Waals surface area contributed by atoms with E-state index in [0.717, 1.165) is 16.8 Å². The zero-order valence-corrected chi connectivity index (χ0v) is 11.2. The standard InChI is InChI=1S/C15H13N3O2/c1-8-14(11(7-16)15(17)20-8)9-3-4-12-10(5-9)6-13(19)18(12)2/h3-5H,6,17H2,1-2H3. The van der Waals surface area contributed by atoms with Gasteiger partial charge in [-0.3, -0.25) is 4.79 Å². The number of carbonyl (C=O) groups is 1. The van der Waals surface area contributed by atoms with Crippen molar-refractivity contribution in [2.24, 2.45) is 0 Å². The minimum absolute atomic E-state index is 0.0705. The summed E-state index contributed by atoms with van der Waals surface area (Å²) in [4.78, 5) is 13.3. The van der Waals surface area contributed by atoms with Gasteiger partial charge in [0, 0.05) is 18.3 Å². The number of nitrogens with zero attached hydrogens (tertiary/aromatic N) is 2. The molecule has 0 fully saturated rings. The second kappa shape index (κ2) is 4.14. The Hall–Kier alpha value is -2.74. The Bertz CT molecular complexity index is 768. The SMILES string of the molecule is Cc1oc(N)c(C#N)c1-c1ccc2c(c1)CC(=O)N2C. The number of likely N-dealkylation sites (N-methyl/N-ethyl adjacent to an activating group) is 1. The van der Waals surface area contributed by atoms with E-state index < -0.39 is 0 Å². The number of carbonyl (C=O) groups excluding carboxylic acids is 1. The van der Waals surface area contributed by atoms with E-state index in [0.29, 0.717) is 23.3 Å². The fourth-order valence-corrected chi connectivity index (χ4v) is 2.65. The van der Waals surface area contributed by atoms with Crippen molar-refractivity contribution in [1.29, 1.82) is 5.26 Å². The Morgan fingerprint density at radius 1 is 1.45 bits per heavy atom. The van der Waals surface area contributed by atoms with Crippen LogP contribution in [-0.4, -0.2) is 13.0 Å². The molecular weight excluding hydrogens is 254 g/mol. The number of hydrogen-bond acceptors (Lipinski definition) is 4. The van der Waals surface area contributed by atoms with Crippen molar-refractivity contribution in [3.8, 4) is 17.2 Å². The molecule has 2 aromatic rings. The largest absolute Gasteiger partial charge is 0.444 e. The van der Waals surface area contributed by atoms with E-state index in [-0.39, 0.29) is 11.8 Å². The van der Waals surface area contributed by atoms with Crippen molar-refractivity contribution >= 4 is 17.5 Å². The predicted octanol–water partition coefficient (Wildman–Crippen LogP) is 2.23. The Labute approximate surface area is 116 Å². The zero-order valence-electron chi connectivity index (χ0n) is 11.2. The van der Waals surface area contributed by atoms with Crippen LogP contribution in [0.25, 0.3) is 11.1 Å². The molecule has 0 saturated carbocycles. The number of rotatable bonds is 1. The first-order valence-corrected chi connectivity index (χ1v) is 6.21. The van der Waals surface area contributed by atoms with Gasteiger partial charge in [0.15, 0.2) is 0 Å². The lowest BCUT2D eigenvalue weighted by Crippen LogP contribution is -2.20. The van der Waals surface area contributed by atoms with Crippen LogP contribution in [-0.2, 0) is 11.2 Å². The normalized spacial score (nSPS) is 13.4. The Morgan fingerprint density at radius 3 is 2.90 bits per heavy atom. The molecule has 0 saturated heterocycles. The Balaban J connectivity index is 2.17. The lowest BCUT2D eigenvalue weighted by molar-refractivity contribution is -0.117.